The van der Waals surface area contributed by atoms with Gasteiger partial charge in [-0.2, -0.15) is 0 Å². The van der Waals surface area contributed by atoms with Gasteiger partial charge in [-0.25, -0.2) is 0 Å². The molecule has 1 fully saturated rings. The second-order valence-corrected chi connectivity index (χ2v) is 8.40. The monoisotopic (exact) mass is 445 g/mol. The van der Waals surface area contributed by atoms with Crippen molar-refractivity contribution in [2.24, 2.45) is 0 Å². The van der Waals surface area contributed by atoms with Crippen molar-refractivity contribution in [3.8, 4) is 11.3 Å². The number of para-hydroxylation sites is 1. The van der Waals surface area contributed by atoms with Gasteiger partial charge in [-0.15, -0.1) is 0 Å². The molecular formula is C26H24ClN3O2. The molecule has 0 unspecified atom stereocenters. The molecule has 5 rings (SSSR count). The van der Waals surface area contributed by atoms with Crippen LogP contribution in [0.1, 0.15) is 15.9 Å². The highest BCUT2D eigenvalue weighted by Crippen LogP contribution is 2.33. The van der Waals surface area contributed by atoms with E-state index < -0.39 is 0 Å². The number of fused-ring (bicyclic) bond motifs is 1. The number of benzene rings is 3. The SMILES string of the molecule is O=C(Nc1ccccc1-c1cc2cc(CN3CCNCC3)ccc2o1)c1ccccc1Cl. The van der Waals surface area contributed by atoms with Gasteiger partial charge < -0.3 is 15.1 Å². The molecule has 1 aliphatic heterocycles. The summed E-state index contributed by atoms with van der Waals surface area (Å²) >= 11 is 6.19. The summed E-state index contributed by atoms with van der Waals surface area (Å²) in [5.74, 6) is 0.465. The van der Waals surface area contributed by atoms with Crippen molar-refractivity contribution < 1.29 is 9.21 Å². The van der Waals surface area contributed by atoms with Crippen molar-refractivity contribution in [3.05, 3.63) is 88.9 Å². The molecule has 4 aromatic rings. The Morgan fingerprint density at radius 3 is 2.62 bits per heavy atom. The van der Waals surface area contributed by atoms with E-state index in [-0.39, 0.29) is 5.91 Å². The summed E-state index contributed by atoms with van der Waals surface area (Å²) in [5.41, 5.74) is 4.04. The fourth-order valence-corrected chi connectivity index (χ4v) is 4.31. The summed E-state index contributed by atoms with van der Waals surface area (Å²) in [7, 11) is 0. The first-order valence-electron chi connectivity index (χ1n) is 10.8. The molecule has 3 aromatic carbocycles. The van der Waals surface area contributed by atoms with Gasteiger partial charge in [-0.05, 0) is 48.0 Å². The second kappa shape index (κ2) is 9.17. The highest BCUT2D eigenvalue weighted by atomic mass is 35.5. The van der Waals surface area contributed by atoms with Crippen molar-refractivity contribution in [2.75, 3.05) is 31.5 Å². The van der Waals surface area contributed by atoms with E-state index in [1.165, 1.54) is 5.56 Å². The zero-order valence-electron chi connectivity index (χ0n) is 17.6. The van der Waals surface area contributed by atoms with Crippen LogP contribution < -0.4 is 10.6 Å². The maximum absolute atomic E-state index is 12.8. The van der Waals surface area contributed by atoms with Crippen molar-refractivity contribution in [3.63, 3.8) is 0 Å². The van der Waals surface area contributed by atoms with Gasteiger partial charge in [-0.1, -0.05) is 41.9 Å². The van der Waals surface area contributed by atoms with Crippen LogP contribution in [0.5, 0.6) is 0 Å². The zero-order chi connectivity index (χ0) is 21.9. The number of rotatable bonds is 5. The summed E-state index contributed by atoms with van der Waals surface area (Å²) in [6, 6.07) is 23.0. The van der Waals surface area contributed by atoms with Gasteiger partial charge in [0.1, 0.15) is 11.3 Å². The third kappa shape index (κ3) is 4.41. The number of nitrogens with zero attached hydrogens (tertiary/aromatic N) is 1. The molecule has 32 heavy (non-hydrogen) atoms. The highest BCUT2D eigenvalue weighted by molar-refractivity contribution is 6.34. The van der Waals surface area contributed by atoms with Crippen LogP contribution in [0.15, 0.2) is 77.2 Å². The lowest BCUT2D eigenvalue weighted by Gasteiger charge is -2.27. The number of hydrogen-bond acceptors (Lipinski definition) is 4. The van der Waals surface area contributed by atoms with Crippen LogP contribution >= 0.6 is 11.6 Å². The zero-order valence-corrected chi connectivity index (χ0v) is 18.4. The van der Waals surface area contributed by atoms with E-state index >= 15 is 0 Å². The molecule has 0 saturated carbocycles. The summed E-state index contributed by atoms with van der Waals surface area (Å²) in [4.78, 5) is 15.2. The number of furan rings is 1. The molecule has 0 bridgehead atoms. The lowest BCUT2D eigenvalue weighted by Crippen LogP contribution is -2.42. The molecule has 1 aliphatic rings. The van der Waals surface area contributed by atoms with E-state index in [0.29, 0.717) is 16.3 Å². The standard InChI is InChI=1S/C26H24ClN3O2/c27-22-7-3-1-5-20(22)26(31)29-23-8-4-2-6-21(23)25-16-19-15-18(9-10-24(19)32-25)17-30-13-11-28-12-14-30/h1-10,15-16,28H,11-14,17H2,(H,29,31). The van der Waals surface area contributed by atoms with Crippen LogP contribution in [0.2, 0.25) is 5.02 Å². The van der Waals surface area contributed by atoms with Gasteiger partial charge in [0, 0.05) is 43.7 Å². The van der Waals surface area contributed by atoms with Gasteiger partial charge >= 0.3 is 0 Å². The van der Waals surface area contributed by atoms with Crippen molar-refractivity contribution >= 4 is 34.2 Å². The first-order chi connectivity index (χ1) is 15.7. The summed E-state index contributed by atoms with van der Waals surface area (Å²) < 4.78 is 6.15. The van der Waals surface area contributed by atoms with Crippen LogP contribution in [0.3, 0.4) is 0 Å². The largest absolute Gasteiger partial charge is 0.456 e. The lowest BCUT2D eigenvalue weighted by molar-refractivity contribution is 0.102. The summed E-state index contributed by atoms with van der Waals surface area (Å²) in [6.07, 6.45) is 0. The molecule has 0 atom stereocenters. The molecule has 6 heteroatoms. The van der Waals surface area contributed by atoms with Gasteiger partial charge in [0.15, 0.2) is 0 Å². The number of carbonyl (C=O) groups excluding carboxylic acids is 1. The molecule has 1 saturated heterocycles. The van der Waals surface area contributed by atoms with Crippen LogP contribution in [-0.4, -0.2) is 37.0 Å². The quantitative estimate of drug-likeness (QED) is 0.431. The first kappa shape index (κ1) is 20.8. The molecule has 2 heterocycles. The van der Waals surface area contributed by atoms with Crippen molar-refractivity contribution in [1.82, 2.24) is 10.2 Å². The Labute approximate surface area is 192 Å². The number of hydrogen-bond donors (Lipinski definition) is 2. The number of piperazine rings is 1. The Morgan fingerprint density at radius 1 is 1.00 bits per heavy atom. The van der Waals surface area contributed by atoms with E-state index in [0.717, 1.165) is 55.0 Å². The minimum absolute atomic E-state index is 0.252. The summed E-state index contributed by atoms with van der Waals surface area (Å²) in [6.45, 7) is 5.13. The molecule has 0 spiro atoms. The van der Waals surface area contributed by atoms with Crippen LogP contribution in [0, 0.1) is 0 Å². The van der Waals surface area contributed by atoms with Crippen LogP contribution in [0.25, 0.3) is 22.3 Å². The first-order valence-corrected chi connectivity index (χ1v) is 11.2. The number of amides is 1. The van der Waals surface area contributed by atoms with E-state index in [1.807, 2.05) is 36.4 Å². The Kier molecular flexibility index (Phi) is 5.95. The average molecular weight is 446 g/mol. The topological polar surface area (TPSA) is 57.5 Å². The molecule has 0 radical (unpaired) electrons. The average Bonchev–Trinajstić information content (AvgIpc) is 3.23. The lowest BCUT2D eigenvalue weighted by atomic mass is 10.1. The highest BCUT2D eigenvalue weighted by Gasteiger charge is 2.16. The Hall–Kier alpha value is -3.12. The molecular weight excluding hydrogens is 422 g/mol. The van der Waals surface area contributed by atoms with E-state index in [2.05, 4.69) is 27.7 Å². The number of nitrogens with one attached hydrogen (secondary N) is 2. The van der Waals surface area contributed by atoms with Crippen LogP contribution in [-0.2, 0) is 6.54 Å². The predicted molar refractivity (Wildman–Crippen MR) is 129 cm³/mol. The maximum Gasteiger partial charge on any atom is 0.257 e. The Morgan fingerprint density at radius 2 is 1.78 bits per heavy atom. The van der Waals surface area contributed by atoms with Gasteiger partial charge in [0.2, 0.25) is 0 Å². The van der Waals surface area contributed by atoms with E-state index in [4.69, 9.17) is 16.0 Å². The van der Waals surface area contributed by atoms with Crippen LogP contribution in [0.4, 0.5) is 5.69 Å². The predicted octanol–water partition coefficient (Wildman–Crippen LogP) is 5.41. The van der Waals surface area contributed by atoms with E-state index in [1.54, 1.807) is 24.3 Å². The molecule has 1 aromatic heterocycles. The number of anilines is 1. The van der Waals surface area contributed by atoms with Crippen molar-refractivity contribution in [1.29, 1.82) is 0 Å². The van der Waals surface area contributed by atoms with Gasteiger partial charge in [0.05, 0.1) is 16.3 Å². The minimum Gasteiger partial charge on any atom is -0.456 e. The van der Waals surface area contributed by atoms with Gasteiger partial charge in [0.25, 0.3) is 5.91 Å². The number of halogens is 1. The second-order valence-electron chi connectivity index (χ2n) is 7.99. The fourth-order valence-electron chi connectivity index (χ4n) is 4.09. The normalized spacial score (nSPS) is 14.5. The van der Waals surface area contributed by atoms with Gasteiger partial charge in [-0.3, -0.25) is 9.69 Å². The molecule has 162 valence electrons. The Bertz CT molecular complexity index is 1260. The molecule has 0 aliphatic carbocycles. The third-order valence-electron chi connectivity index (χ3n) is 5.76. The minimum atomic E-state index is -0.252. The molecule has 5 nitrogen and oxygen atoms in total. The fraction of sp³-hybridized carbons (Fsp3) is 0.192. The number of carbonyl (C=O) groups is 1. The van der Waals surface area contributed by atoms with Crippen molar-refractivity contribution in [2.45, 2.75) is 6.54 Å². The smallest absolute Gasteiger partial charge is 0.257 e. The third-order valence-corrected chi connectivity index (χ3v) is 6.09. The van der Waals surface area contributed by atoms with E-state index in [9.17, 15) is 4.79 Å². The Balaban J connectivity index is 1.41. The molecule has 2 N–H and O–H groups in total. The molecule has 1 amide bonds. The maximum atomic E-state index is 12.8. The summed E-state index contributed by atoms with van der Waals surface area (Å²) in [5, 5.41) is 7.85.